The van der Waals surface area contributed by atoms with Gasteiger partial charge in [0, 0.05) is 5.69 Å². The van der Waals surface area contributed by atoms with Gasteiger partial charge in [0.2, 0.25) is 16.5 Å². The molecule has 3 rings (SSSR count). The third-order valence-electron chi connectivity index (χ3n) is 3.42. The first-order valence-corrected chi connectivity index (χ1v) is 7.93. The summed E-state index contributed by atoms with van der Waals surface area (Å²) in [6.07, 6.45) is 1.04. The highest BCUT2D eigenvalue weighted by Crippen LogP contribution is 2.23. The van der Waals surface area contributed by atoms with Gasteiger partial charge in [-0.1, -0.05) is 43.3 Å². The van der Waals surface area contributed by atoms with Crippen molar-refractivity contribution in [1.82, 2.24) is 15.0 Å². The maximum absolute atomic E-state index is 5.76. The highest BCUT2D eigenvalue weighted by atomic mass is 35.5. The minimum absolute atomic E-state index is 0.0557. The second kappa shape index (κ2) is 6.94. The van der Waals surface area contributed by atoms with Gasteiger partial charge in [0.15, 0.2) is 0 Å². The predicted molar refractivity (Wildman–Crippen MR) is 94.4 cm³/mol. The van der Waals surface area contributed by atoms with Crippen LogP contribution in [0.1, 0.15) is 12.5 Å². The van der Waals surface area contributed by atoms with Crippen molar-refractivity contribution in [2.45, 2.75) is 13.3 Å². The number of rotatable bonds is 4. The fourth-order valence-corrected chi connectivity index (χ4v) is 2.55. The Hall–Kier alpha value is -2.17. The molecule has 0 spiro atoms. The fourth-order valence-electron chi connectivity index (χ4n) is 2.19. The number of halogens is 2. The van der Waals surface area contributed by atoms with Gasteiger partial charge in [0.1, 0.15) is 0 Å². The van der Waals surface area contributed by atoms with Crippen molar-refractivity contribution in [1.29, 1.82) is 0 Å². The summed E-state index contributed by atoms with van der Waals surface area (Å²) in [6.45, 7) is 2.15. The Labute approximate surface area is 144 Å². The molecule has 0 saturated carbocycles. The van der Waals surface area contributed by atoms with Crippen LogP contribution >= 0.6 is 23.2 Å². The van der Waals surface area contributed by atoms with Gasteiger partial charge in [-0.3, -0.25) is 0 Å². The summed E-state index contributed by atoms with van der Waals surface area (Å²) in [5.41, 5.74) is 4.50. The third kappa shape index (κ3) is 3.97. The molecule has 0 fully saturated rings. The van der Waals surface area contributed by atoms with Crippen LogP contribution in [0.5, 0.6) is 0 Å². The van der Waals surface area contributed by atoms with Gasteiger partial charge in [-0.25, -0.2) is 0 Å². The van der Waals surface area contributed by atoms with Crippen molar-refractivity contribution in [2.75, 3.05) is 5.32 Å². The van der Waals surface area contributed by atoms with Gasteiger partial charge in [0.25, 0.3) is 0 Å². The molecule has 4 nitrogen and oxygen atoms in total. The van der Waals surface area contributed by atoms with Crippen LogP contribution in [-0.2, 0) is 6.42 Å². The molecule has 2 aromatic carbocycles. The number of nitrogens with one attached hydrogen (secondary N) is 1. The van der Waals surface area contributed by atoms with E-state index in [1.54, 1.807) is 0 Å². The van der Waals surface area contributed by atoms with E-state index in [0.717, 1.165) is 17.7 Å². The zero-order chi connectivity index (χ0) is 16.2. The van der Waals surface area contributed by atoms with Crippen molar-refractivity contribution in [3.63, 3.8) is 0 Å². The lowest BCUT2D eigenvalue weighted by Gasteiger charge is -2.07. The summed E-state index contributed by atoms with van der Waals surface area (Å²) in [5.74, 6) is 0.315. The van der Waals surface area contributed by atoms with Crippen molar-refractivity contribution in [2.24, 2.45) is 0 Å². The summed E-state index contributed by atoms with van der Waals surface area (Å²) in [5, 5.41) is 3.16. The van der Waals surface area contributed by atoms with E-state index >= 15 is 0 Å². The zero-order valence-electron chi connectivity index (χ0n) is 12.4. The Morgan fingerprint density at radius 2 is 1.30 bits per heavy atom. The smallest absolute Gasteiger partial charge is 0.232 e. The molecular weight excluding hydrogens is 331 g/mol. The van der Waals surface area contributed by atoms with E-state index in [1.165, 1.54) is 11.1 Å². The highest BCUT2D eigenvalue weighted by Gasteiger charge is 2.04. The van der Waals surface area contributed by atoms with Crippen molar-refractivity contribution >= 4 is 34.8 Å². The van der Waals surface area contributed by atoms with E-state index in [1.807, 2.05) is 24.3 Å². The van der Waals surface area contributed by atoms with Gasteiger partial charge in [0.05, 0.1) is 0 Å². The maximum atomic E-state index is 5.76. The molecule has 0 aliphatic carbocycles. The third-order valence-corrected chi connectivity index (χ3v) is 3.76. The Morgan fingerprint density at radius 3 is 1.83 bits per heavy atom. The molecular formula is C17H14Cl2N4. The quantitative estimate of drug-likeness (QED) is 0.710. The van der Waals surface area contributed by atoms with Crippen LogP contribution < -0.4 is 5.32 Å². The van der Waals surface area contributed by atoms with E-state index in [4.69, 9.17) is 23.2 Å². The molecule has 0 radical (unpaired) electrons. The fraction of sp³-hybridized carbons (Fsp3) is 0.118. The standard InChI is InChI=1S/C17H14Cl2N4/c1-2-11-3-5-12(6-4-11)13-7-9-14(10-8-13)20-17-22-15(18)21-16(19)23-17/h3-10H,2H2,1H3,(H,20,21,22,23). The van der Waals surface area contributed by atoms with Crippen LogP contribution in [0, 0.1) is 0 Å². The van der Waals surface area contributed by atoms with Crippen LogP contribution in [-0.4, -0.2) is 15.0 Å². The lowest BCUT2D eigenvalue weighted by Crippen LogP contribution is -1.99. The molecule has 6 heteroatoms. The molecule has 1 heterocycles. The largest absolute Gasteiger partial charge is 0.324 e. The molecule has 0 aliphatic heterocycles. The van der Waals surface area contributed by atoms with Crippen molar-refractivity contribution in [3.05, 3.63) is 64.7 Å². The van der Waals surface area contributed by atoms with E-state index in [-0.39, 0.29) is 10.6 Å². The first-order chi connectivity index (χ1) is 11.1. The number of hydrogen-bond acceptors (Lipinski definition) is 4. The summed E-state index contributed by atoms with van der Waals surface area (Å²) in [7, 11) is 0. The maximum Gasteiger partial charge on any atom is 0.232 e. The zero-order valence-corrected chi connectivity index (χ0v) is 13.9. The minimum atomic E-state index is 0.0557. The Morgan fingerprint density at radius 1 is 0.783 bits per heavy atom. The Kier molecular flexibility index (Phi) is 4.74. The molecule has 0 aliphatic rings. The first-order valence-electron chi connectivity index (χ1n) is 7.17. The number of hydrogen-bond donors (Lipinski definition) is 1. The predicted octanol–water partition coefficient (Wildman–Crippen LogP) is 5.15. The molecule has 0 saturated heterocycles. The molecule has 116 valence electrons. The van der Waals surface area contributed by atoms with Crippen LogP contribution in [0.25, 0.3) is 11.1 Å². The Bertz CT molecular complexity index is 782. The van der Waals surface area contributed by atoms with Gasteiger partial charge in [-0.15, -0.1) is 0 Å². The number of benzene rings is 2. The molecule has 0 bridgehead atoms. The normalized spacial score (nSPS) is 10.6. The number of aromatic nitrogens is 3. The summed E-state index contributed by atoms with van der Waals surface area (Å²) >= 11 is 11.5. The molecule has 23 heavy (non-hydrogen) atoms. The van der Waals surface area contributed by atoms with E-state index in [9.17, 15) is 0 Å². The lowest BCUT2D eigenvalue weighted by molar-refractivity contribution is 1.05. The van der Waals surface area contributed by atoms with Crippen molar-refractivity contribution in [3.8, 4) is 11.1 Å². The molecule has 0 amide bonds. The molecule has 3 aromatic rings. The van der Waals surface area contributed by atoms with Crippen LogP contribution in [0.3, 0.4) is 0 Å². The average molecular weight is 345 g/mol. The van der Waals surface area contributed by atoms with Gasteiger partial charge >= 0.3 is 0 Å². The number of anilines is 2. The minimum Gasteiger partial charge on any atom is -0.324 e. The highest BCUT2D eigenvalue weighted by molar-refractivity contribution is 6.31. The van der Waals surface area contributed by atoms with Gasteiger partial charge in [-0.2, -0.15) is 15.0 Å². The lowest BCUT2D eigenvalue weighted by atomic mass is 10.0. The molecule has 1 N–H and O–H groups in total. The molecule has 1 aromatic heterocycles. The SMILES string of the molecule is CCc1ccc(-c2ccc(Nc3nc(Cl)nc(Cl)n3)cc2)cc1. The number of nitrogens with zero attached hydrogens (tertiary/aromatic N) is 3. The topological polar surface area (TPSA) is 50.7 Å². The monoisotopic (exact) mass is 344 g/mol. The van der Waals surface area contributed by atoms with Gasteiger partial charge < -0.3 is 5.32 Å². The van der Waals surface area contributed by atoms with E-state index in [2.05, 4.69) is 51.5 Å². The second-order valence-electron chi connectivity index (χ2n) is 4.95. The summed E-state index contributed by atoms with van der Waals surface area (Å²) < 4.78 is 0. The van der Waals surface area contributed by atoms with Crippen LogP contribution in [0.2, 0.25) is 10.6 Å². The molecule has 0 unspecified atom stereocenters. The average Bonchev–Trinajstić information content (AvgIpc) is 2.55. The van der Waals surface area contributed by atoms with Crippen LogP contribution in [0.15, 0.2) is 48.5 Å². The van der Waals surface area contributed by atoms with Gasteiger partial charge in [-0.05, 0) is 58.4 Å². The van der Waals surface area contributed by atoms with E-state index < -0.39 is 0 Å². The molecule has 0 atom stereocenters. The van der Waals surface area contributed by atoms with Crippen molar-refractivity contribution < 1.29 is 0 Å². The van der Waals surface area contributed by atoms with Crippen LogP contribution in [0.4, 0.5) is 11.6 Å². The number of aryl methyl sites for hydroxylation is 1. The second-order valence-corrected chi connectivity index (χ2v) is 5.63. The summed E-state index contributed by atoms with van der Waals surface area (Å²) in [4.78, 5) is 11.7. The Balaban J connectivity index is 1.78. The van der Waals surface area contributed by atoms with E-state index in [0.29, 0.717) is 5.95 Å². The summed E-state index contributed by atoms with van der Waals surface area (Å²) in [6, 6.07) is 16.5. The first kappa shape index (κ1) is 15.7.